The van der Waals surface area contributed by atoms with Gasteiger partial charge in [0.15, 0.2) is 0 Å². The van der Waals surface area contributed by atoms with Gasteiger partial charge >= 0.3 is 0 Å². The highest BCUT2D eigenvalue weighted by atomic mass is 16.6. The van der Waals surface area contributed by atoms with Crippen LogP contribution in [-0.4, -0.2) is 28.6 Å². The number of amides is 1. The van der Waals surface area contributed by atoms with Crippen LogP contribution in [0.15, 0.2) is 71.8 Å². The standard InChI is InChI=1S/C28H28N4O4/c1-3-4-8-15-36-22-13-11-20(12-14-22)18-29-31-28(33)27-25(21-9-6-5-7-10-21)23-16-19(2)17-24(32(34)35)26(23)30-27/h5-7,9-14,16-18,30H,3-4,8,15H2,1-2H3,(H,31,33)/b29-18+. The first kappa shape index (κ1) is 24.7. The highest BCUT2D eigenvalue weighted by Crippen LogP contribution is 2.37. The molecule has 0 saturated carbocycles. The number of benzene rings is 3. The summed E-state index contributed by atoms with van der Waals surface area (Å²) >= 11 is 0. The van der Waals surface area contributed by atoms with E-state index in [9.17, 15) is 14.9 Å². The van der Waals surface area contributed by atoms with Crippen molar-refractivity contribution < 1.29 is 14.5 Å². The fraction of sp³-hybridized carbons (Fsp3) is 0.214. The number of non-ortho nitro benzene ring substituents is 1. The summed E-state index contributed by atoms with van der Waals surface area (Å²) in [4.78, 5) is 27.4. The van der Waals surface area contributed by atoms with Gasteiger partial charge in [-0.25, -0.2) is 5.43 Å². The molecule has 8 heteroatoms. The topological polar surface area (TPSA) is 110 Å². The number of rotatable bonds is 10. The Balaban J connectivity index is 1.57. The fourth-order valence-corrected chi connectivity index (χ4v) is 4.05. The Morgan fingerprint density at radius 3 is 2.56 bits per heavy atom. The van der Waals surface area contributed by atoms with E-state index in [2.05, 4.69) is 22.4 Å². The van der Waals surface area contributed by atoms with E-state index in [4.69, 9.17) is 4.74 Å². The van der Waals surface area contributed by atoms with Gasteiger partial charge in [-0.05, 0) is 60.4 Å². The summed E-state index contributed by atoms with van der Waals surface area (Å²) in [5, 5.41) is 16.4. The number of aromatic nitrogens is 1. The molecule has 0 radical (unpaired) electrons. The zero-order chi connectivity index (χ0) is 25.5. The van der Waals surface area contributed by atoms with E-state index in [1.807, 2.05) is 60.7 Å². The molecule has 4 aromatic rings. The maximum Gasteiger partial charge on any atom is 0.293 e. The lowest BCUT2D eigenvalue weighted by atomic mass is 10.00. The lowest BCUT2D eigenvalue weighted by Crippen LogP contribution is -2.18. The predicted octanol–water partition coefficient (Wildman–Crippen LogP) is 6.38. The van der Waals surface area contributed by atoms with E-state index in [1.54, 1.807) is 6.92 Å². The zero-order valence-electron chi connectivity index (χ0n) is 20.3. The second-order valence-electron chi connectivity index (χ2n) is 8.53. The van der Waals surface area contributed by atoms with Crippen molar-refractivity contribution >= 4 is 28.7 Å². The number of carbonyl (C=O) groups is 1. The number of nitro benzene ring substituents is 1. The number of hydrogen-bond donors (Lipinski definition) is 2. The van der Waals surface area contributed by atoms with Gasteiger partial charge in [0.25, 0.3) is 11.6 Å². The number of ether oxygens (including phenoxy) is 1. The second kappa shape index (κ2) is 11.3. The van der Waals surface area contributed by atoms with Crippen molar-refractivity contribution in [1.82, 2.24) is 10.4 Å². The van der Waals surface area contributed by atoms with Crippen LogP contribution in [0.3, 0.4) is 0 Å². The normalized spacial score (nSPS) is 11.2. The Bertz CT molecular complexity index is 1390. The van der Waals surface area contributed by atoms with Gasteiger partial charge in [0.05, 0.1) is 17.7 Å². The number of carbonyl (C=O) groups excluding carboxylic acids is 1. The van der Waals surface area contributed by atoms with Crippen LogP contribution in [0.5, 0.6) is 5.75 Å². The van der Waals surface area contributed by atoms with Gasteiger partial charge in [-0.15, -0.1) is 0 Å². The number of nitrogens with zero attached hydrogens (tertiary/aromatic N) is 2. The molecule has 0 spiro atoms. The molecule has 1 aromatic heterocycles. The maximum atomic E-state index is 13.1. The van der Waals surface area contributed by atoms with Crippen molar-refractivity contribution in [3.63, 3.8) is 0 Å². The van der Waals surface area contributed by atoms with Gasteiger partial charge in [-0.3, -0.25) is 14.9 Å². The molecule has 2 N–H and O–H groups in total. The summed E-state index contributed by atoms with van der Waals surface area (Å²) in [6, 6.07) is 20.1. The molecule has 184 valence electrons. The number of aromatic amines is 1. The molecular weight excluding hydrogens is 456 g/mol. The van der Waals surface area contributed by atoms with Crippen LogP contribution in [-0.2, 0) is 0 Å². The average molecular weight is 485 g/mol. The monoisotopic (exact) mass is 484 g/mol. The maximum absolute atomic E-state index is 13.1. The van der Waals surface area contributed by atoms with E-state index >= 15 is 0 Å². The molecule has 0 bridgehead atoms. The summed E-state index contributed by atoms with van der Waals surface area (Å²) in [5.74, 6) is 0.291. The van der Waals surface area contributed by atoms with Gasteiger partial charge in [0, 0.05) is 17.0 Å². The summed E-state index contributed by atoms with van der Waals surface area (Å²) in [5.41, 5.74) is 5.85. The third-order valence-corrected chi connectivity index (χ3v) is 5.79. The average Bonchev–Trinajstić information content (AvgIpc) is 3.26. The Morgan fingerprint density at radius 2 is 1.86 bits per heavy atom. The molecule has 36 heavy (non-hydrogen) atoms. The molecule has 0 atom stereocenters. The molecule has 0 saturated heterocycles. The van der Waals surface area contributed by atoms with Gasteiger partial charge < -0.3 is 9.72 Å². The van der Waals surface area contributed by atoms with Crippen LogP contribution in [0.1, 0.15) is 47.8 Å². The van der Waals surface area contributed by atoms with Crippen molar-refractivity contribution in [3.05, 3.63) is 93.7 Å². The number of hydrazone groups is 1. The molecule has 3 aromatic carbocycles. The van der Waals surface area contributed by atoms with Crippen LogP contribution in [0.25, 0.3) is 22.0 Å². The van der Waals surface area contributed by atoms with E-state index in [1.165, 1.54) is 12.3 Å². The third kappa shape index (κ3) is 5.60. The molecular formula is C28H28N4O4. The van der Waals surface area contributed by atoms with Crippen LogP contribution < -0.4 is 10.2 Å². The van der Waals surface area contributed by atoms with Crippen LogP contribution >= 0.6 is 0 Å². The van der Waals surface area contributed by atoms with E-state index in [0.717, 1.165) is 41.7 Å². The molecule has 1 amide bonds. The molecule has 0 aliphatic heterocycles. The van der Waals surface area contributed by atoms with Gasteiger partial charge in [-0.2, -0.15) is 5.10 Å². The summed E-state index contributed by atoms with van der Waals surface area (Å²) in [6.07, 6.45) is 4.84. The number of aryl methyl sites for hydroxylation is 1. The van der Waals surface area contributed by atoms with Crippen LogP contribution in [0, 0.1) is 17.0 Å². The molecule has 1 heterocycles. The summed E-state index contributed by atoms with van der Waals surface area (Å²) < 4.78 is 5.72. The fourth-order valence-electron chi connectivity index (χ4n) is 4.05. The van der Waals surface area contributed by atoms with Crippen molar-refractivity contribution in [1.29, 1.82) is 0 Å². The lowest BCUT2D eigenvalue weighted by Gasteiger charge is -2.06. The Labute approximate surface area is 209 Å². The minimum absolute atomic E-state index is 0.0817. The van der Waals surface area contributed by atoms with E-state index < -0.39 is 10.8 Å². The summed E-state index contributed by atoms with van der Waals surface area (Å²) in [6.45, 7) is 4.63. The first-order chi connectivity index (χ1) is 17.5. The molecule has 0 fully saturated rings. The first-order valence-corrected chi connectivity index (χ1v) is 11.9. The number of nitro groups is 1. The Morgan fingerprint density at radius 1 is 1.11 bits per heavy atom. The molecule has 8 nitrogen and oxygen atoms in total. The number of hydrogen-bond acceptors (Lipinski definition) is 5. The third-order valence-electron chi connectivity index (χ3n) is 5.79. The lowest BCUT2D eigenvalue weighted by molar-refractivity contribution is -0.383. The zero-order valence-corrected chi connectivity index (χ0v) is 20.3. The van der Waals surface area contributed by atoms with Crippen LogP contribution in [0.4, 0.5) is 5.69 Å². The van der Waals surface area contributed by atoms with Gasteiger partial charge in [0.2, 0.25) is 0 Å². The molecule has 0 unspecified atom stereocenters. The molecule has 0 aliphatic rings. The number of H-pyrrole nitrogens is 1. The van der Waals surface area contributed by atoms with Crippen LogP contribution in [0.2, 0.25) is 0 Å². The highest BCUT2D eigenvalue weighted by molar-refractivity contribution is 6.11. The smallest absolute Gasteiger partial charge is 0.293 e. The van der Waals surface area contributed by atoms with Crippen molar-refractivity contribution in [2.24, 2.45) is 5.10 Å². The van der Waals surface area contributed by atoms with Crippen molar-refractivity contribution in [2.45, 2.75) is 33.1 Å². The number of fused-ring (bicyclic) bond motifs is 1. The SMILES string of the molecule is CCCCCOc1ccc(/C=N/NC(=O)c2[nH]c3c([N+](=O)[O-])cc(C)cc3c2-c2ccccc2)cc1. The second-order valence-corrected chi connectivity index (χ2v) is 8.53. The number of nitrogens with one attached hydrogen (secondary N) is 2. The minimum atomic E-state index is -0.496. The number of unbranched alkanes of at least 4 members (excludes halogenated alkanes) is 2. The Hall–Kier alpha value is -4.46. The Kier molecular flexibility index (Phi) is 7.75. The van der Waals surface area contributed by atoms with E-state index in [0.29, 0.717) is 23.1 Å². The molecule has 4 rings (SSSR count). The highest BCUT2D eigenvalue weighted by Gasteiger charge is 2.24. The van der Waals surface area contributed by atoms with Gasteiger partial charge in [0.1, 0.15) is 17.0 Å². The minimum Gasteiger partial charge on any atom is -0.494 e. The largest absolute Gasteiger partial charge is 0.494 e. The van der Waals surface area contributed by atoms with Crippen molar-refractivity contribution in [3.8, 4) is 16.9 Å². The predicted molar refractivity (Wildman–Crippen MR) is 142 cm³/mol. The van der Waals surface area contributed by atoms with Gasteiger partial charge in [-0.1, -0.05) is 50.1 Å². The van der Waals surface area contributed by atoms with Crippen molar-refractivity contribution in [2.75, 3.05) is 6.61 Å². The molecule has 0 aliphatic carbocycles. The summed E-state index contributed by atoms with van der Waals surface area (Å²) in [7, 11) is 0. The quantitative estimate of drug-likeness (QED) is 0.118. The first-order valence-electron chi connectivity index (χ1n) is 11.9. The van der Waals surface area contributed by atoms with E-state index in [-0.39, 0.29) is 11.4 Å².